The summed E-state index contributed by atoms with van der Waals surface area (Å²) >= 11 is 0. The van der Waals surface area contributed by atoms with Crippen molar-refractivity contribution in [2.45, 2.75) is 104 Å². The third kappa shape index (κ3) is 12.0. The van der Waals surface area contributed by atoms with Crippen LogP contribution in [0.5, 0.6) is 0 Å². The number of hydrogen-bond acceptors (Lipinski definition) is 0. The molecule has 0 fully saturated rings. The molecule has 1 heteroatoms. The molecule has 0 aliphatic rings. The Bertz CT molecular complexity index is 1230. The van der Waals surface area contributed by atoms with Crippen LogP contribution >= 0.6 is 0 Å². The predicted molar refractivity (Wildman–Crippen MR) is 165 cm³/mol. The van der Waals surface area contributed by atoms with Crippen LogP contribution in [0.15, 0.2) is 66.7 Å². The zero-order valence-corrected chi connectivity index (χ0v) is 24.1. The lowest BCUT2D eigenvalue weighted by atomic mass is 10.0. The van der Waals surface area contributed by atoms with E-state index in [9.17, 15) is 4.39 Å². The molecule has 0 amide bonds. The first-order chi connectivity index (χ1) is 19.2. The Morgan fingerprint density at radius 2 is 0.872 bits per heavy atom. The maximum atomic E-state index is 14.7. The smallest absolute Gasteiger partial charge is 0.140 e. The lowest BCUT2D eigenvalue weighted by Gasteiger charge is -2.03. The molecule has 39 heavy (non-hydrogen) atoms. The van der Waals surface area contributed by atoms with E-state index in [0.717, 1.165) is 24.0 Å². The minimum Gasteiger partial charge on any atom is -0.206 e. The first-order valence-corrected chi connectivity index (χ1v) is 15.2. The Kier molecular flexibility index (Phi) is 14.0. The molecule has 0 heterocycles. The van der Waals surface area contributed by atoms with Crippen LogP contribution in [0.4, 0.5) is 4.39 Å². The van der Waals surface area contributed by atoms with Crippen LogP contribution in [-0.2, 0) is 12.8 Å². The summed E-state index contributed by atoms with van der Waals surface area (Å²) in [4.78, 5) is 0. The lowest BCUT2D eigenvalue weighted by molar-refractivity contribution is 0.575. The minimum atomic E-state index is -0.331. The summed E-state index contributed by atoms with van der Waals surface area (Å²) in [6.45, 7) is 4.50. The van der Waals surface area contributed by atoms with Gasteiger partial charge in [0.2, 0.25) is 0 Å². The highest BCUT2D eigenvalue weighted by Gasteiger charge is 2.01. The maximum absolute atomic E-state index is 14.7. The number of halogens is 1. The zero-order chi connectivity index (χ0) is 27.5. The summed E-state index contributed by atoms with van der Waals surface area (Å²) in [5, 5.41) is 0. The van der Waals surface area contributed by atoms with E-state index in [1.54, 1.807) is 6.07 Å². The second-order valence-corrected chi connectivity index (χ2v) is 10.6. The van der Waals surface area contributed by atoms with E-state index < -0.39 is 0 Å². The summed E-state index contributed by atoms with van der Waals surface area (Å²) in [6.07, 6.45) is 18.0. The number of benzene rings is 3. The Hall–Kier alpha value is -3.29. The van der Waals surface area contributed by atoms with Crippen molar-refractivity contribution in [2.24, 2.45) is 0 Å². The molecule has 0 aliphatic heterocycles. The molecule has 0 spiro atoms. The van der Waals surface area contributed by atoms with Crippen molar-refractivity contribution >= 4 is 0 Å². The van der Waals surface area contributed by atoms with Crippen molar-refractivity contribution in [1.29, 1.82) is 0 Å². The molecular weight excluding hydrogens is 475 g/mol. The first kappa shape index (κ1) is 30.3. The summed E-state index contributed by atoms with van der Waals surface area (Å²) in [5.74, 6) is 12.0. The van der Waals surface area contributed by atoms with E-state index in [-0.39, 0.29) is 5.82 Å². The predicted octanol–water partition coefficient (Wildman–Crippen LogP) is 10.4. The molecule has 0 radical (unpaired) electrons. The molecule has 0 saturated carbocycles. The van der Waals surface area contributed by atoms with Crippen LogP contribution in [0.2, 0.25) is 0 Å². The second kappa shape index (κ2) is 18.1. The normalized spacial score (nSPS) is 10.4. The van der Waals surface area contributed by atoms with Crippen LogP contribution < -0.4 is 0 Å². The van der Waals surface area contributed by atoms with Gasteiger partial charge in [0.15, 0.2) is 0 Å². The molecule has 0 nitrogen and oxygen atoms in total. The number of unbranched alkanes of at least 4 members (excludes halogenated alkanes) is 10. The van der Waals surface area contributed by atoms with Gasteiger partial charge in [-0.15, -0.1) is 0 Å². The fourth-order valence-corrected chi connectivity index (χ4v) is 4.71. The van der Waals surface area contributed by atoms with Crippen LogP contribution in [0.3, 0.4) is 0 Å². The van der Waals surface area contributed by atoms with Gasteiger partial charge in [0, 0.05) is 16.7 Å². The third-order valence-electron chi connectivity index (χ3n) is 7.21. The Labute approximate surface area is 237 Å². The first-order valence-electron chi connectivity index (χ1n) is 15.2. The van der Waals surface area contributed by atoms with Crippen LogP contribution in [0.1, 0.15) is 124 Å². The summed E-state index contributed by atoms with van der Waals surface area (Å²) in [7, 11) is 0. The highest BCUT2D eigenvalue weighted by molar-refractivity contribution is 5.49. The molecular formula is C38H45F. The van der Waals surface area contributed by atoms with Crippen LogP contribution in [0.25, 0.3) is 0 Å². The van der Waals surface area contributed by atoms with Gasteiger partial charge in [-0.1, -0.05) is 126 Å². The van der Waals surface area contributed by atoms with Gasteiger partial charge >= 0.3 is 0 Å². The molecule has 0 N–H and O–H groups in total. The highest BCUT2D eigenvalue weighted by atomic mass is 19.1. The average Bonchev–Trinajstić information content (AvgIpc) is 2.96. The quantitative estimate of drug-likeness (QED) is 0.146. The molecule has 3 aromatic carbocycles. The fourth-order valence-electron chi connectivity index (χ4n) is 4.71. The molecule has 3 aromatic rings. The summed E-state index contributed by atoms with van der Waals surface area (Å²) in [6, 6.07) is 21.8. The molecule has 204 valence electrons. The standard InChI is InChI=1S/C38H45F/c1-3-5-7-9-10-11-12-14-16-33-19-23-35(24-20-33)27-29-37-30-28-36(31-38(37)39)26-25-34-21-17-32(18-22-34)15-13-8-6-4-2/h17-24,28,30-31H,3-16H2,1-2H3. The molecule has 0 bridgehead atoms. The maximum Gasteiger partial charge on any atom is 0.140 e. The molecule has 3 rings (SSSR count). The van der Waals surface area contributed by atoms with Crippen LogP contribution in [0, 0.1) is 29.5 Å². The zero-order valence-electron chi connectivity index (χ0n) is 24.1. The average molecular weight is 521 g/mol. The van der Waals surface area contributed by atoms with Gasteiger partial charge in [0.1, 0.15) is 5.82 Å². The lowest BCUT2D eigenvalue weighted by Crippen LogP contribution is -1.88. The van der Waals surface area contributed by atoms with Crippen molar-refractivity contribution in [3.8, 4) is 23.7 Å². The van der Waals surface area contributed by atoms with Gasteiger partial charge in [-0.25, -0.2) is 4.39 Å². The van der Waals surface area contributed by atoms with E-state index in [1.165, 1.54) is 94.2 Å². The molecule has 0 atom stereocenters. The van der Waals surface area contributed by atoms with E-state index >= 15 is 0 Å². The van der Waals surface area contributed by atoms with Gasteiger partial charge in [-0.05, 0) is 79.3 Å². The van der Waals surface area contributed by atoms with Gasteiger partial charge in [0.05, 0.1) is 5.56 Å². The second-order valence-electron chi connectivity index (χ2n) is 10.6. The minimum absolute atomic E-state index is 0.331. The third-order valence-corrected chi connectivity index (χ3v) is 7.21. The fraction of sp³-hybridized carbons (Fsp3) is 0.421. The SMILES string of the molecule is CCCCCCCCCCc1ccc(C#Cc2ccc(C#Cc3ccc(CCCCCC)cc3)cc2F)cc1. The molecule has 0 aliphatic carbocycles. The topological polar surface area (TPSA) is 0 Å². The highest BCUT2D eigenvalue weighted by Crippen LogP contribution is 2.14. The summed E-state index contributed by atoms with van der Waals surface area (Å²) < 4.78 is 14.7. The largest absolute Gasteiger partial charge is 0.206 e. The van der Waals surface area contributed by atoms with Gasteiger partial charge in [-0.2, -0.15) is 0 Å². The molecule has 0 aromatic heterocycles. The molecule has 0 unspecified atom stereocenters. The van der Waals surface area contributed by atoms with Crippen molar-refractivity contribution in [3.63, 3.8) is 0 Å². The van der Waals surface area contributed by atoms with Crippen molar-refractivity contribution in [2.75, 3.05) is 0 Å². The van der Waals surface area contributed by atoms with E-state index in [1.807, 2.05) is 18.2 Å². The van der Waals surface area contributed by atoms with Gasteiger partial charge in [0.25, 0.3) is 0 Å². The van der Waals surface area contributed by atoms with E-state index in [2.05, 4.69) is 73.9 Å². The monoisotopic (exact) mass is 520 g/mol. The van der Waals surface area contributed by atoms with Gasteiger partial charge in [-0.3, -0.25) is 0 Å². The number of aryl methyl sites for hydroxylation is 2. The van der Waals surface area contributed by atoms with Crippen LogP contribution in [-0.4, -0.2) is 0 Å². The Morgan fingerprint density at radius 1 is 0.462 bits per heavy atom. The van der Waals surface area contributed by atoms with Crippen molar-refractivity contribution in [3.05, 3.63) is 106 Å². The molecule has 0 saturated heterocycles. The van der Waals surface area contributed by atoms with E-state index in [0.29, 0.717) is 11.1 Å². The van der Waals surface area contributed by atoms with Crippen molar-refractivity contribution < 1.29 is 4.39 Å². The summed E-state index contributed by atoms with van der Waals surface area (Å²) in [5.41, 5.74) is 5.61. The van der Waals surface area contributed by atoms with Crippen molar-refractivity contribution in [1.82, 2.24) is 0 Å². The van der Waals surface area contributed by atoms with Gasteiger partial charge < -0.3 is 0 Å². The number of hydrogen-bond donors (Lipinski definition) is 0. The Morgan fingerprint density at radius 3 is 1.38 bits per heavy atom. The Balaban J connectivity index is 1.46. The number of rotatable bonds is 14. The van der Waals surface area contributed by atoms with E-state index in [4.69, 9.17) is 0 Å².